The number of rotatable bonds is 3. The van der Waals surface area contributed by atoms with Gasteiger partial charge in [0.25, 0.3) is 0 Å². The number of aryl methyl sites for hydroxylation is 1. The largest absolute Gasteiger partial charge is 0.418 e. The van der Waals surface area contributed by atoms with Gasteiger partial charge in [0.2, 0.25) is 0 Å². The van der Waals surface area contributed by atoms with Crippen molar-refractivity contribution in [2.75, 3.05) is 6.26 Å². The molecule has 158 valence electrons. The first-order chi connectivity index (χ1) is 14.5. The highest BCUT2D eigenvalue weighted by atomic mass is 32.2. The maximum atomic E-state index is 13.5. The summed E-state index contributed by atoms with van der Waals surface area (Å²) in [5.41, 5.74) is 1.43. The highest BCUT2D eigenvalue weighted by Crippen LogP contribution is 2.37. The summed E-state index contributed by atoms with van der Waals surface area (Å²) in [4.78, 5) is 8.65. The van der Waals surface area contributed by atoms with E-state index in [0.717, 1.165) is 17.9 Å². The van der Waals surface area contributed by atoms with E-state index < -0.39 is 21.6 Å². The third-order valence-electron chi connectivity index (χ3n) is 4.88. The smallest absolute Gasteiger partial charge is 0.233 e. The predicted molar refractivity (Wildman–Crippen MR) is 113 cm³/mol. The molecule has 4 nitrogen and oxygen atoms in total. The number of alkyl halides is 3. The highest BCUT2D eigenvalue weighted by Gasteiger charge is 2.33. The van der Waals surface area contributed by atoms with Gasteiger partial charge in [-0.25, -0.2) is 18.4 Å². The van der Waals surface area contributed by atoms with Gasteiger partial charge in [-0.2, -0.15) is 13.2 Å². The topological polar surface area (TPSA) is 59.9 Å². The molecule has 31 heavy (non-hydrogen) atoms. The standard InChI is InChI=1S/C23H17F3N2O2S/c1-14-27-21(19-10-5-11-20(22(19)28-14)23(24,25)26)17-8-3-6-15(12-17)16-7-4-9-18(13-16)31(2,29)30/h3-13H,1-2H3. The van der Waals surface area contributed by atoms with Gasteiger partial charge in [-0.3, -0.25) is 0 Å². The molecule has 1 heterocycles. The zero-order chi connectivity index (χ0) is 22.4. The first-order valence-electron chi connectivity index (χ1n) is 9.29. The number of hydrogen-bond acceptors (Lipinski definition) is 4. The van der Waals surface area contributed by atoms with Crippen LogP contribution in [0.3, 0.4) is 0 Å². The Kier molecular flexibility index (Phi) is 5.05. The van der Waals surface area contributed by atoms with Crippen LogP contribution in [0.4, 0.5) is 13.2 Å². The summed E-state index contributed by atoms with van der Waals surface area (Å²) in [7, 11) is -3.38. The molecule has 0 aliphatic rings. The Bertz CT molecular complexity index is 1410. The SMILES string of the molecule is Cc1nc(-c2cccc(-c3cccc(S(C)(=O)=O)c3)c2)c2cccc(C(F)(F)F)c2n1. The van der Waals surface area contributed by atoms with Crippen LogP contribution in [0.2, 0.25) is 0 Å². The molecule has 8 heteroatoms. The molecule has 0 unspecified atom stereocenters. The van der Waals surface area contributed by atoms with Gasteiger partial charge in [0.15, 0.2) is 9.84 Å². The van der Waals surface area contributed by atoms with Crippen LogP contribution in [0.5, 0.6) is 0 Å². The molecule has 0 fully saturated rings. The van der Waals surface area contributed by atoms with Crippen molar-refractivity contribution in [3.05, 3.63) is 78.1 Å². The number of para-hydroxylation sites is 1. The molecule has 0 N–H and O–H groups in total. The summed E-state index contributed by atoms with van der Waals surface area (Å²) in [5, 5.41) is 0.294. The molecule has 1 aromatic heterocycles. The Balaban J connectivity index is 1.91. The van der Waals surface area contributed by atoms with E-state index in [1.807, 2.05) is 6.07 Å². The lowest BCUT2D eigenvalue weighted by atomic mass is 9.99. The van der Waals surface area contributed by atoms with E-state index in [1.54, 1.807) is 49.4 Å². The molecule has 0 aliphatic heterocycles. The minimum absolute atomic E-state index is 0.151. The summed E-state index contributed by atoms with van der Waals surface area (Å²) < 4.78 is 64.3. The van der Waals surface area contributed by atoms with Gasteiger partial charge in [-0.05, 0) is 42.3 Å². The summed E-state index contributed by atoms with van der Waals surface area (Å²) in [6.07, 6.45) is -3.40. The van der Waals surface area contributed by atoms with Gasteiger partial charge in [0, 0.05) is 17.2 Å². The Labute approximate surface area is 177 Å². The molecule has 4 rings (SSSR count). The number of nitrogens with zero attached hydrogens (tertiary/aromatic N) is 2. The van der Waals surface area contributed by atoms with Crippen molar-refractivity contribution >= 4 is 20.7 Å². The van der Waals surface area contributed by atoms with Crippen molar-refractivity contribution in [2.24, 2.45) is 0 Å². The average molecular weight is 442 g/mol. The third kappa shape index (κ3) is 4.16. The van der Waals surface area contributed by atoms with Crippen LogP contribution in [-0.2, 0) is 16.0 Å². The summed E-state index contributed by atoms with van der Waals surface area (Å²) in [6.45, 7) is 1.55. The van der Waals surface area contributed by atoms with Crippen LogP contribution < -0.4 is 0 Å². The molecule has 0 saturated carbocycles. The molecule has 0 radical (unpaired) electrons. The van der Waals surface area contributed by atoms with Crippen molar-refractivity contribution in [1.29, 1.82) is 0 Å². The molecule has 0 aliphatic carbocycles. The molecule has 4 aromatic rings. The Hall–Kier alpha value is -3.26. The van der Waals surface area contributed by atoms with Crippen molar-refractivity contribution in [3.63, 3.8) is 0 Å². The molecule has 0 atom stereocenters. The summed E-state index contributed by atoms with van der Waals surface area (Å²) in [6, 6.07) is 17.5. The molecular formula is C23H17F3N2O2S. The number of sulfone groups is 1. The van der Waals surface area contributed by atoms with Crippen LogP contribution in [0, 0.1) is 6.92 Å². The van der Waals surface area contributed by atoms with Crippen LogP contribution in [0.1, 0.15) is 11.4 Å². The van der Waals surface area contributed by atoms with Crippen molar-refractivity contribution in [1.82, 2.24) is 9.97 Å². The fourth-order valence-corrected chi connectivity index (χ4v) is 4.13. The lowest BCUT2D eigenvalue weighted by Crippen LogP contribution is -2.08. The van der Waals surface area contributed by atoms with E-state index in [2.05, 4.69) is 9.97 Å². The van der Waals surface area contributed by atoms with E-state index in [1.165, 1.54) is 12.1 Å². The zero-order valence-corrected chi connectivity index (χ0v) is 17.4. The number of aromatic nitrogens is 2. The number of fused-ring (bicyclic) bond motifs is 1. The third-order valence-corrected chi connectivity index (χ3v) is 5.99. The van der Waals surface area contributed by atoms with E-state index in [-0.39, 0.29) is 16.2 Å². The molecule has 0 bridgehead atoms. The second-order valence-corrected chi connectivity index (χ2v) is 9.22. The van der Waals surface area contributed by atoms with Crippen molar-refractivity contribution in [3.8, 4) is 22.4 Å². The molecule has 0 saturated heterocycles. The van der Waals surface area contributed by atoms with E-state index in [0.29, 0.717) is 22.2 Å². The second kappa shape index (κ2) is 7.46. The number of halogens is 3. The molecule has 3 aromatic carbocycles. The normalized spacial score (nSPS) is 12.3. The number of benzene rings is 3. The Morgan fingerprint density at radius 3 is 2.10 bits per heavy atom. The quantitative estimate of drug-likeness (QED) is 0.409. The average Bonchev–Trinajstić information content (AvgIpc) is 2.71. The minimum atomic E-state index is -4.54. The fraction of sp³-hybridized carbons (Fsp3) is 0.130. The molecule has 0 amide bonds. The van der Waals surface area contributed by atoms with Gasteiger partial charge in [0.05, 0.1) is 21.7 Å². The van der Waals surface area contributed by atoms with E-state index in [4.69, 9.17) is 0 Å². The van der Waals surface area contributed by atoms with Crippen LogP contribution in [-0.4, -0.2) is 24.6 Å². The maximum absolute atomic E-state index is 13.5. The maximum Gasteiger partial charge on any atom is 0.418 e. The van der Waals surface area contributed by atoms with Crippen LogP contribution in [0.25, 0.3) is 33.3 Å². The first kappa shape index (κ1) is 21.0. The lowest BCUT2D eigenvalue weighted by molar-refractivity contribution is -0.136. The fourth-order valence-electron chi connectivity index (χ4n) is 3.47. The Morgan fingerprint density at radius 2 is 1.42 bits per heavy atom. The van der Waals surface area contributed by atoms with Crippen LogP contribution >= 0.6 is 0 Å². The highest BCUT2D eigenvalue weighted by molar-refractivity contribution is 7.90. The van der Waals surface area contributed by atoms with Gasteiger partial charge in [-0.1, -0.05) is 42.5 Å². The summed E-state index contributed by atoms with van der Waals surface area (Å²) in [5.74, 6) is 0.226. The number of hydrogen-bond donors (Lipinski definition) is 0. The van der Waals surface area contributed by atoms with Crippen molar-refractivity contribution in [2.45, 2.75) is 18.0 Å². The van der Waals surface area contributed by atoms with Gasteiger partial charge in [0.1, 0.15) is 5.82 Å². The van der Waals surface area contributed by atoms with Gasteiger partial charge < -0.3 is 0 Å². The van der Waals surface area contributed by atoms with Crippen molar-refractivity contribution < 1.29 is 21.6 Å². The van der Waals surface area contributed by atoms with Gasteiger partial charge in [-0.15, -0.1) is 0 Å². The minimum Gasteiger partial charge on any atom is -0.233 e. The monoisotopic (exact) mass is 442 g/mol. The zero-order valence-electron chi connectivity index (χ0n) is 16.6. The first-order valence-corrected chi connectivity index (χ1v) is 11.2. The lowest BCUT2D eigenvalue weighted by Gasteiger charge is -2.13. The van der Waals surface area contributed by atoms with E-state index in [9.17, 15) is 21.6 Å². The van der Waals surface area contributed by atoms with Gasteiger partial charge >= 0.3 is 6.18 Å². The second-order valence-electron chi connectivity index (χ2n) is 7.20. The predicted octanol–water partition coefficient (Wildman–Crippen LogP) is 5.69. The molecular weight excluding hydrogens is 425 g/mol. The molecule has 0 spiro atoms. The van der Waals surface area contributed by atoms with Crippen LogP contribution in [0.15, 0.2) is 71.6 Å². The summed E-state index contributed by atoms with van der Waals surface area (Å²) >= 11 is 0. The van der Waals surface area contributed by atoms with E-state index >= 15 is 0 Å². The Morgan fingerprint density at radius 1 is 0.806 bits per heavy atom.